The van der Waals surface area contributed by atoms with E-state index in [0.29, 0.717) is 23.0 Å². The minimum Gasteiger partial charge on any atom is -0.338 e. The van der Waals surface area contributed by atoms with Gasteiger partial charge in [0, 0.05) is 40.9 Å². The van der Waals surface area contributed by atoms with Crippen LogP contribution in [0.1, 0.15) is 34.8 Å². The number of piperidine rings is 1. The van der Waals surface area contributed by atoms with Gasteiger partial charge in [-0.3, -0.25) is 9.89 Å². The lowest BCUT2D eigenvalue weighted by Crippen LogP contribution is -2.39. The maximum absolute atomic E-state index is 12.6. The molecule has 0 radical (unpaired) electrons. The number of rotatable bonds is 2. The smallest absolute Gasteiger partial charge is 0.253 e. The highest BCUT2D eigenvalue weighted by Gasteiger charge is 2.26. The number of carbonyl (C=O) groups is 1. The number of H-pyrrole nitrogens is 1. The van der Waals surface area contributed by atoms with Crippen LogP contribution in [0, 0.1) is 0 Å². The quantitative estimate of drug-likeness (QED) is 0.875. The molecule has 2 heterocycles. The molecule has 1 saturated heterocycles. The van der Waals surface area contributed by atoms with Crippen LogP contribution in [0.25, 0.3) is 0 Å². The molecule has 1 atom stereocenters. The highest BCUT2D eigenvalue weighted by molar-refractivity contribution is 9.10. The molecule has 0 bridgehead atoms. The van der Waals surface area contributed by atoms with E-state index in [9.17, 15) is 4.79 Å². The summed E-state index contributed by atoms with van der Waals surface area (Å²) in [5.74, 6) is 0.365. The van der Waals surface area contributed by atoms with Crippen molar-refractivity contribution in [1.29, 1.82) is 0 Å². The van der Waals surface area contributed by atoms with Crippen molar-refractivity contribution in [2.75, 3.05) is 13.1 Å². The largest absolute Gasteiger partial charge is 0.338 e. The number of nitrogens with zero attached hydrogens (tertiary/aromatic N) is 2. The Balaban J connectivity index is 1.76. The standard InChI is InChI=1S/C15H15BrClN3O/c16-12-4-3-10(8-13(12)17)15(21)20-7-1-2-11(9-20)14-5-6-18-19-14/h3-6,8,11H,1-2,7,9H2,(H,18,19). The number of aromatic nitrogens is 2. The topological polar surface area (TPSA) is 49.0 Å². The lowest BCUT2D eigenvalue weighted by atomic mass is 9.94. The zero-order chi connectivity index (χ0) is 14.8. The van der Waals surface area contributed by atoms with E-state index >= 15 is 0 Å². The molecule has 0 aliphatic carbocycles. The molecule has 1 aliphatic heterocycles. The summed E-state index contributed by atoms with van der Waals surface area (Å²) in [6.07, 6.45) is 3.83. The Morgan fingerprint density at radius 3 is 3.00 bits per heavy atom. The maximum atomic E-state index is 12.6. The van der Waals surface area contributed by atoms with E-state index < -0.39 is 0 Å². The molecule has 2 aromatic rings. The van der Waals surface area contributed by atoms with Gasteiger partial charge in [-0.1, -0.05) is 11.6 Å². The van der Waals surface area contributed by atoms with Crippen LogP contribution in [0.2, 0.25) is 5.02 Å². The van der Waals surface area contributed by atoms with Gasteiger partial charge in [-0.15, -0.1) is 0 Å². The Labute approximate surface area is 136 Å². The first-order chi connectivity index (χ1) is 10.1. The van der Waals surface area contributed by atoms with Crippen molar-refractivity contribution < 1.29 is 4.79 Å². The van der Waals surface area contributed by atoms with Crippen LogP contribution in [0.4, 0.5) is 0 Å². The Kier molecular flexibility index (Phi) is 4.31. The second-order valence-electron chi connectivity index (χ2n) is 5.23. The van der Waals surface area contributed by atoms with Crippen LogP contribution in [0.5, 0.6) is 0 Å². The number of nitrogens with one attached hydrogen (secondary N) is 1. The lowest BCUT2D eigenvalue weighted by molar-refractivity contribution is 0.0706. The number of hydrogen-bond donors (Lipinski definition) is 1. The molecule has 1 aromatic heterocycles. The van der Waals surface area contributed by atoms with Crippen LogP contribution in [0.15, 0.2) is 34.9 Å². The van der Waals surface area contributed by atoms with Crippen molar-refractivity contribution in [1.82, 2.24) is 15.1 Å². The van der Waals surface area contributed by atoms with Gasteiger partial charge in [-0.05, 0) is 53.0 Å². The summed E-state index contributed by atoms with van der Waals surface area (Å²) >= 11 is 9.42. The van der Waals surface area contributed by atoms with E-state index in [-0.39, 0.29) is 5.91 Å². The van der Waals surface area contributed by atoms with Gasteiger partial charge in [0.1, 0.15) is 0 Å². The van der Waals surface area contributed by atoms with Crippen molar-refractivity contribution in [3.05, 3.63) is 51.2 Å². The molecule has 1 fully saturated rings. The van der Waals surface area contributed by atoms with Gasteiger partial charge in [0.2, 0.25) is 0 Å². The normalized spacial score (nSPS) is 18.8. The maximum Gasteiger partial charge on any atom is 0.253 e. The summed E-state index contributed by atoms with van der Waals surface area (Å²) in [7, 11) is 0. The number of carbonyl (C=O) groups excluding carboxylic acids is 1. The first-order valence-electron chi connectivity index (χ1n) is 6.89. The van der Waals surface area contributed by atoms with E-state index in [4.69, 9.17) is 11.6 Å². The van der Waals surface area contributed by atoms with Gasteiger partial charge in [-0.2, -0.15) is 5.10 Å². The van der Waals surface area contributed by atoms with Crippen LogP contribution in [0.3, 0.4) is 0 Å². The van der Waals surface area contributed by atoms with Crippen molar-refractivity contribution in [2.45, 2.75) is 18.8 Å². The SMILES string of the molecule is O=C(c1ccc(Br)c(Cl)c1)N1CCCC(c2ccn[nH]2)C1. The predicted octanol–water partition coefficient (Wildman–Crippen LogP) is 3.85. The molecule has 1 aromatic carbocycles. The second kappa shape index (κ2) is 6.20. The third kappa shape index (κ3) is 3.14. The molecular formula is C15H15BrClN3O. The van der Waals surface area contributed by atoms with Gasteiger partial charge in [0.05, 0.1) is 5.02 Å². The average molecular weight is 369 g/mol. The third-order valence-corrected chi connectivity index (χ3v) is 5.07. The van der Waals surface area contributed by atoms with E-state index in [0.717, 1.165) is 29.6 Å². The lowest BCUT2D eigenvalue weighted by Gasteiger charge is -2.32. The zero-order valence-corrected chi connectivity index (χ0v) is 13.7. The first kappa shape index (κ1) is 14.6. The number of likely N-dealkylation sites (tertiary alicyclic amines) is 1. The van der Waals surface area contributed by atoms with Crippen LogP contribution >= 0.6 is 27.5 Å². The van der Waals surface area contributed by atoms with E-state index in [1.165, 1.54) is 0 Å². The summed E-state index contributed by atoms with van der Waals surface area (Å²) in [6.45, 7) is 1.51. The average Bonchev–Trinajstić information content (AvgIpc) is 3.04. The van der Waals surface area contributed by atoms with Crippen LogP contribution < -0.4 is 0 Å². The Morgan fingerprint density at radius 2 is 2.29 bits per heavy atom. The molecule has 6 heteroatoms. The molecule has 110 valence electrons. The molecule has 3 rings (SSSR count). The molecule has 1 N–H and O–H groups in total. The highest BCUT2D eigenvalue weighted by atomic mass is 79.9. The van der Waals surface area contributed by atoms with E-state index in [1.807, 2.05) is 17.0 Å². The van der Waals surface area contributed by atoms with E-state index in [1.54, 1.807) is 18.3 Å². The van der Waals surface area contributed by atoms with Gasteiger partial charge in [-0.25, -0.2) is 0 Å². The first-order valence-corrected chi connectivity index (χ1v) is 8.06. The fourth-order valence-corrected chi connectivity index (χ4v) is 3.15. The summed E-state index contributed by atoms with van der Waals surface area (Å²) in [5.41, 5.74) is 1.73. The van der Waals surface area contributed by atoms with Crippen LogP contribution in [-0.4, -0.2) is 34.1 Å². The minimum absolute atomic E-state index is 0.0358. The molecule has 21 heavy (non-hydrogen) atoms. The molecule has 0 saturated carbocycles. The van der Waals surface area contributed by atoms with Gasteiger partial charge >= 0.3 is 0 Å². The Morgan fingerprint density at radius 1 is 1.43 bits per heavy atom. The fraction of sp³-hybridized carbons (Fsp3) is 0.333. The second-order valence-corrected chi connectivity index (χ2v) is 6.49. The monoisotopic (exact) mass is 367 g/mol. The number of benzene rings is 1. The molecule has 1 amide bonds. The van der Waals surface area contributed by atoms with Crippen molar-refractivity contribution in [3.63, 3.8) is 0 Å². The van der Waals surface area contributed by atoms with Gasteiger partial charge < -0.3 is 4.90 Å². The summed E-state index contributed by atoms with van der Waals surface area (Å²) in [4.78, 5) is 14.5. The summed E-state index contributed by atoms with van der Waals surface area (Å²) < 4.78 is 0.801. The molecular weight excluding hydrogens is 354 g/mol. The number of amides is 1. The Hall–Kier alpha value is -1.33. The summed E-state index contributed by atoms with van der Waals surface area (Å²) in [6, 6.07) is 7.31. The van der Waals surface area contributed by atoms with Crippen molar-refractivity contribution in [2.24, 2.45) is 0 Å². The Bertz CT molecular complexity index is 644. The number of hydrogen-bond acceptors (Lipinski definition) is 2. The zero-order valence-electron chi connectivity index (χ0n) is 11.4. The third-order valence-electron chi connectivity index (χ3n) is 3.84. The van der Waals surface area contributed by atoms with Gasteiger partial charge in [0.15, 0.2) is 0 Å². The molecule has 1 unspecified atom stereocenters. The predicted molar refractivity (Wildman–Crippen MR) is 85.6 cm³/mol. The van der Waals surface area contributed by atoms with Crippen molar-refractivity contribution in [3.8, 4) is 0 Å². The molecule has 0 spiro atoms. The van der Waals surface area contributed by atoms with E-state index in [2.05, 4.69) is 26.1 Å². The number of aromatic amines is 1. The van der Waals surface area contributed by atoms with Crippen LogP contribution in [-0.2, 0) is 0 Å². The highest BCUT2D eigenvalue weighted by Crippen LogP contribution is 2.28. The fourth-order valence-electron chi connectivity index (χ4n) is 2.72. The summed E-state index contributed by atoms with van der Waals surface area (Å²) in [5, 5.41) is 7.56. The minimum atomic E-state index is 0.0358. The molecule has 4 nitrogen and oxygen atoms in total. The van der Waals surface area contributed by atoms with Gasteiger partial charge in [0.25, 0.3) is 5.91 Å². The number of halogens is 2. The molecule has 1 aliphatic rings. The van der Waals surface area contributed by atoms with Crippen molar-refractivity contribution >= 4 is 33.4 Å².